The van der Waals surface area contributed by atoms with Gasteiger partial charge in [0.05, 0.1) is 56.9 Å². The van der Waals surface area contributed by atoms with Crippen molar-refractivity contribution in [3.05, 3.63) is 83.0 Å². The number of alkyl carbamates (subject to hydrolysis) is 4. The van der Waals surface area contributed by atoms with Gasteiger partial charge in [-0.3, -0.25) is 55.8 Å². The van der Waals surface area contributed by atoms with Crippen LogP contribution in [0.15, 0.2) is 68.0 Å². The summed E-state index contributed by atoms with van der Waals surface area (Å²) in [5, 5.41) is 55.4. The maximum Gasteiger partial charge on any atom is 0.418 e. The normalized spacial score (nSPS) is 20.4. The van der Waals surface area contributed by atoms with Crippen molar-refractivity contribution in [2.45, 2.75) is 337 Å². The highest BCUT2D eigenvalue weighted by molar-refractivity contribution is 7.81. The lowest BCUT2D eigenvalue weighted by atomic mass is 10.0. The number of guanidine groups is 1. The fraction of sp³-hybridized carbons (Fsp3) is 0.711. The van der Waals surface area contributed by atoms with Gasteiger partial charge in [-0.1, -0.05) is 83.7 Å². The maximum absolute atomic E-state index is 13.0. The fourth-order valence-electron chi connectivity index (χ4n) is 16.7. The van der Waals surface area contributed by atoms with Gasteiger partial charge in [-0.05, 0) is 186 Å². The molecule has 0 aliphatic carbocycles. The number of amides is 12. The van der Waals surface area contributed by atoms with Gasteiger partial charge in [-0.15, -0.1) is 45.1 Å². The molecule has 8 fully saturated rings. The quantitative estimate of drug-likeness (QED) is 0.00377. The lowest BCUT2D eigenvalue weighted by Gasteiger charge is -2.39. The van der Waals surface area contributed by atoms with Crippen LogP contribution < -0.4 is 27.0 Å². The van der Waals surface area contributed by atoms with Crippen molar-refractivity contribution >= 4 is 92.8 Å². The van der Waals surface area contributed by atoms with Crippen molar-refractivity contribution in [1.82, 2.24) is 102 Å². The predicted octanol–water partition coefficient (Wildman–Crippen LogP) is 11.5. The zero-order valence-corrected chi connectivity index (χ0v) is 87.5. The Balaban J connectivity index is 0.000000204. The van der Waals surface area contributed by atoms with Crippen LogP contribution in [-0.2, 0) is 85.4 Å². The Morgan fingerprint density at radius 1 is 0.438 bits per heavy atom. The van der Waals surface area contributed by atoms with E-state index in [1.807, 2.05) is 30.3 Å². The molecule has 8 atom stereocenters. The number of unbranched alkanes of at least 4 members (excludes halogenated alkanes) is 4. The van der Waals surface area contributed by atoms with E-state index in [0.29, 0.717) is 142 Å². The molecule has 8 aliphatic rings. The van der Waals surface area contributed by atoms with Crippen LogP contribution in [0.25, 0.3) is 0 Å². The minimum absolute atomic E-state index is 0.0136. The molecular weight excluding hydrogens is 1930 g/mol. The number of aliphatic imine (C=N–C) groups is 4. The predicted molar refractivity (Wildman–Crippen MR) is 515 cm³/mol. The molecule has 54 heteroatoms. The number of quaternary nitrogens is 1. The summed E-state index contributed by atoms with van der Waals surface area (Å²) in [6.45, 7) is 44.0. The minimum atomic E-state index is -5.06. The van der Waals surface area contributed by atoms with Gasteiger partial charge in [0.25, 0.3) is 0 Å². The number of nitrogens with one attached hydrogen (secondary N) is 4. The molecule has 0 saturated carbocycles. The summed E-state index contributed by atoms with van der Waals surface area (Å²) in [5.41, 5.74) is 4.21. The Labute approximate surface area is 839 Å². The van der Waals surface area contributed by atoms with Crippen molar-refractivity contribution in [2.24, 2.45) is 25.7 Å². The van der Waals surface area contributed by atoms with Crippen LogP contribution in [0.5, 0.6) is 0 Å². The lowest BCUT2D eigenvalue weighted by molar-refractivity contribution is -0.929. The monoisotopic (exact) mass is 2070 g/mol. The Kier molecular flexibility index (Phi) is 41.9. The summed E-state index contributed by atoms with van der Waals surface area (Å²) in [6, 6.07) is 4.78. The second kappa shape index (κ2) is 52.2. The molecule has 8 saturated heterocycles. The Hall–Kier alpha value is -12.0. The second-order valence-electron chi connectivity index (χ2n) is 39.8. The number of fused-ring (bicyclic) bond motifs is 8. The van der Waals surface area contributed by atoms with Crippen LogP contribution in [0.1, 0.15) is 311 Å². The van der Waals surface area contributed by atoms with E-state index < -0.39 is 110 Å². The summed E-state index contributed by atoms with van der Waals surface area (Å²) in [7, 11) is -9.88. The molecule has 802 valence electrons. The van der Waals surface area contributed by atoms with Crippen LogP contribution in [0.3, 0.4) is 0 Å². The van der Waals surface area contributed by atoms with Gasteiger partial charge in [-0.25, -0.2) is 51.8 Å². The van der Waals surface area contributed by atoms with E-state index in [-0.39, 0.29) is 92.3 Å². The summed E-state index contributed by atoms with van der Waals surface area (Å²) in [6.07, 6.45) is 14.5. The first kappa shape index (κ1) is 116. The molecule has 0 radical (unpaired) electrons. The zero-order valence-electron chi connectivity index (χ0n) is 85.8. The molecule has 5 aromatic rings. The number of aromatic nitrogens is 8. The van der Waals surface area contributed by atoms with Crippen LogP contribution in [0.4, 0.5) is 38.4 Å². The maximum atomic E-state index is 13.0. The second-order valence-corrected chi connectivity index (χ2v) is 41.7. The van der Waals surface area contributed by atoms with Gasteiger partial charge in [0.1, 0.15) is 70.7 Å². The number of ether oxygens (including phenoxy) is 4. The third kappa shape index (κ3) is 36.7. The number of rotatable bonds is 35. The van der Waals surface area contributed by atoms with Crippen molar-refractivity contribution in [1.29, 1.82) is 0 Å². The first-order valence-corrected chi connectivity index (χ1v) is 51.5. The highest BCUT2D eigenvalue weighted by Crippen LogP contribution is 2.43. The molecule has 4 aromatic heterocycles. The van der Waals surface area contributed by atoms with Crippen LogP contribution >= 0.6 is 0 Å². The Morgan fingerprint density at radius 2 is 0.729 bits per heavy atom. The number of nitrogens with two attached hydrogens (primary N) is 1. The minimum Gasteiger partial charge on any atom is -0.724 e. The van der Waals surface area contributed by atoms with E-state index in [1.165, 1.54) is 96.9 Å². The van der Waals surface area contributed by atoms with Gasteiger partial charge in [0, 0.05) is 71.5 Å². The number of benzene rings is 1. The number of hydroxylamine groups is 8. The molecule has 12 heterocycles. The van der Waals surface area contributed by atoms with E-state index in [9.17, 15) is 65.0 Å². The Morgan fingerprint density at radius 3 is 1.05 bits per heavy atom. The summed E-state index contributed by atoms with van der Waals surface area (Å²) in [5.74, 6) is 3.65. The van der Waals surface area contributed by atoms with Gasteiger partial charge in [0.15, 0.2) is 5.96 Å². The topological polar surface area (TPSA) is 638 Å². The van der Waals surface area contributed by atoms with Gasteiger partial charge < -0.3 is 71.0 Å². The molecule has 8 bridgehead atoms. The number of carbonyl (C=O) groups is 8. The smallest absolute Gasteiger partial charge is 0.418 e. The molecule has 144 heavy (non-hydrogen) atoms. The SMILES string of the molecule is CC(=NCCc1nnc([C@@H]2CC[C@@H]3CN2C(=O)N3O)o1)NC(=O)OC(C)(C)C.CC(=NCCc1nnc([C@@H]2CC[C@@H]3CN2C(=O)N3OCc2ccccc2)o1)NC(=O)OC(C)(C)C.CC(=NCCc1nnc([C@@H]2CC[C@@H]3CN2C(=O)N3OS(=O)(=O)[O-])o1)NC(=O)OC(C)(C)C.CC(C)(C)OC(=O)NC(N)=NCCc1nnc([C@@H]2CC[C@@H]3CN2C(=O)N3OS(=O)(=O)O)o1.CCCC[N+](CCCC)(CCCC)CCCC. The van der Waals surface area contributed by atoms with Gasteiger partial charge in [0.2, 0.25) is 57.5 Å². The molecule has 13 rings (SSSR count). The zero-order chi connectivity index (χ0) is 106. The van der Waals surface area contributed by atoms with E-state index >= 15 is 0 Å². The van der Waals surface area contributed by atoms with Gasteiger partial charge >= 0.3 is 58.9 Å². The molecule has 8 N–H and O–H groups in total. The van der Waals surface area contributed by atoms with E-state index in [1.54, 1.807) is 114 Å². The average molecular weight is 2070 g/mol. The van der Waals surface area contributed by atoms with Crippen LogP contribution in [0, 0.1) is 0 Å². The lowest BCUT2D eigenvalue weighted by Crippen LogP contribution is -2.50. The van der Waals surface area contributed by atoms with Crippen molar-refractivity contribution in [3.63, 3.8) is 0 Å². The number of piperidine rings is 4. The average Bonchev–Trinajstić information content (AvgIpc) is 1.63. The summed E-state index contributed by atoms with van der Waals surface area (Å²) >= 11 is 0. The van der Waals surface area contributed by atoms with Crippen molar-refractivity contribution in [2.75, 3.05) is 78.5 Å². The summed E-state index contributed by atoms with van der Waals surface area (Å²) in [4.78, 5) is 125. The fourth-order valence-corrected chi connectivity index (χ4v) is 17.4. The molecule has 0 unspecified atom stereocenters. The van der Waals surface area contributed by atoms with Crippen LogP contribution in [0.2, 0.25) is 0 Å². The van der Waals surface area contributed by atoms with Gasteiger partial charge in [-0.2, -0.15) is 27.9 Å². The molecule has 52 nitrogen and oxygen atoms in total. The number of carbonyl (C=O) groups excluding carboxylic acids is 8. The standard InChI is InChI=1S/C24H32N6O5.C17H26N6O8S.C17H26N6O5.C16H25N7O8S.C16H36N/c1-16(26-22(31)35-24(2,3)4)25-13-12-20-27-28-21(34-20)19-11-10-18-14-29(19)23(32)30(18)33-15-17-8-6-5-7-9-17;1-10(19-15(24)30-17(2,3)4)18-8-7-13-20-21-14(29-13)12-6-5-11-9-22(12)16(25)23(11)31-32(26,27)28;1-10(19-15(24)28-17(2,3)4)18-8-7-13-20-21-14(27-13)12-6-5-11-9-22(12)16(25)23(11)26;1-16(2,3)30-14(24)19-13(17)18-7-6-11-20-21-12(29-11)10-5-4-9-8-22(10)15(25)23(9)31-32(26,27)28;1-5-9-13-17(14-10-6-2,15-11-7-3)16-12-8-4/h5-9,18-19H,10-15H2,1-4H3,(H,25,26,31);11-12H,5-9H2,1-4H3,(H,18,19,24)(H,26,27,28);11-12,26H,5-9H2,1-4H3,(H,18,19,24);9-10H,4-8H2,1-3H3,(H,26,27,28)(H3,17,18,19,24);5-16H2,1-4H3/q;;;;+1/p-1/t18-,19+;2*11-,12+;9-,10+;/m1111./s1. The number of amidine groups is 3. The van der Waals surface area contributed by atoms with Crippen molar-refractivity contribution < 1.29 is 124 Å². The molecule has 1 aromatic carbocycles. The van der Waals surface area contributed by atoms with E-state index in [0.717, 1.165) is 23.5 Å². The van der Waals surface area contributed by atoms with E-state index in [2.05, 4.69) is 118 Å². The first-order chi connectivity index (χ1) is 67.7. The largest absolute Gasteiger partial charge is 0.724 e. The third-order valence-electron chi connectivity index (χ3n) is 23.2. The molecule has 8 aliphatic heterocycles. The number of urea groups is 4. The van der Waals surface area contributed by atoms with Crippen molar-refractivity contribution in [3.8, 4) is 0 Å². The third-order valence-corrected chi connectivity index (χ3v) is 23.9. The number of hydrogen-bond donors (Lipinski definition) is 7. The Bertz CT molecular complexity index is 5240. The molecule has 12 amide bonds. The number of nitrogens with zero attached hydrogens (tertiary/aromatic N) is 21. The number of hydrogen-bond acceptors (Lipinski definition) is 37. The highest BCUT2D eigenvalue weighted by atomic mass is 32.3. The highest BCUT2D eigenvalue weighted by Gasteiger charge is 2.53. The molecule has 0 spiro atoms. The first-order valence-electron chi connectivity index (χ1n) is 48.8. The van der Waals surface area contributed by atoms with Crippen LogP contribution in [-0.4, -0.2) is 313 Å². The summed E-state index contributed by atoms with van der Waals surface area (Å²) < 4.78 is 117. The molecular formula is C90H144N26O26S2. The van der Waals surface area contributed by atoms with E-state index in [4.69, 9.17) is 51.7 Å².